The summed E-state index contributed by atoms with van der Waals surface area (Å²) in [6.45, 7) is 11.6. The van der Waals surface area contributed by atoms with Gasteiger partial charge in [0.1, 0.15) is 12.2 Å². The van der Waals surface area contributed by atoms with E-state index >= 15 is 0 Å². The van der Waals surface area contributed by atoms with Crippen LogP contribution >= 0.6 is 0 Å². The van der Waals surface area contributed by atoms with Crippen LogP contribution in [-0.2, 0) is 20.8 Å². The number of aliphatic hydroxyl groups is 1. The summed E-state index contributed by atoms with van der Waals surface area (Å²) in [5.74, 6) is -0.733. The zero-order valence-electron chi connectivity index (χ0n) is 14.4. The molecular formula is C18H28O4. The Kier molecular flexibility index (Phi) is 4.69. The maximum absolute atomic E-state index is 10.4. The zero-order chi connectivity index (χ0) is 16.6. The van der Waals surface area contributed by atoms with Gasteiger partial charge in [0.25, 0.3) is 0 Å². The third-order valence-electron chi connectivity index (χ3n) is 3.93. The van der Waals surface area contributed by atoms with Crippen molar-refractivity contribution in [3.05, 3.63) is 35.9 Å². The van der Waals surface area contributed by atoms with E-state index in [1.54, 1.807) is 13.8 Å². The molecule has 0 radical (unpaired) electrons. The van der Waals surface area contributed by atoms with Crippen molar-refractivity contribution in [3.63, 3.8) is 0 Å². The molecule has 0 bridgehead atoms. The highest BCUT2D eigenvalue weighted by Crippen LogP contribution is 2.40. The highest BCUT2D eigenvalue weighted by molar-refractivity contribution is 5.13. The molecule has 2 rings (SSSR count). The van der Waals surface area contributed by atoms with Crippen molar-refractivity contribution in [2.24, 2.45) is 0 Å². The molecular weight excluding hydrogens is 280 g/mol. The van der Waals surface area contributed by atoms with Gasteiger partial charge < -0.3 is 19.3 Å². The lowest BCUT2D eigenvalue weighted by Gasteiger charge is -2.37. The van der Waals surface area contributed by atoms with Gasteiger partial charge in [-0.1, -0.05) is 30.3 Å². The molecule has 4 heteroatoms. The first-order valence-electron chi connectivity index (χ1n) is 7.77. The molecule has 0 saturated carbocycles. The van der Waals surface area contributed by atoms with Crippen LogP contribution in [0.25, 0.3) is 0 Å². The Balaban J connectivity index is 2.12. The van der Waals surface area contributed by atoms with Crippen LogP contribution in [0.2, 0.25) is 0 Å². The van der Waals surface area contributed by atoms with Gasteiger partial charge in [-0.25, -0.2) is 0 Å². The summed E-state index contributed by atoms with van der Waals surface area (Å²) in [5, 5.41) is 10.4. The molecule has 0 aliphatic carbocycles. The van der Waals surface area contributed by atoms with E-state index < -0.39 is 23.1 Å². The van der Waals surface area contributed by atoms with Crippen LogP contribution in [0.5, 0.6) is 0 Å². The van der Waals surface area contributed by atoms with Crippen LogP contribution in [0.4, 0.5) is 0 Å². The Labute approximate surface area is 133 Å². The molecule has 1 aromatic rings. The van der Waals surface area contributed by atoms with Crippen molar-refractivity contribution in [1.82, 2.24) is 0 Å². The lowest BCUT2D eigenvalue weighted by atomic mass is 9.88. The topological polar surface area (TPSA) is 47.9 Å². The Hall–Kier alpha value is -0.940. The van der Waals surface area contributed by atoms with Gasteiger partial charge in [0, 0.05) is 0 Å². The van der Waals surface area contributed by atoms with Crippen LogP contribution in [0, 0.1) is 0 Å². The lowest BCUT2D eigenvalue weighted by molar-refractivity contribution is -0.179. The number of hydrogen-bond acceptors (Lipinski definition) is 4. The molecule has 1 fully saturated rings. The first-order chi connectivity index (χ1) is 10.0. The van der Waals surface area contributed by atoms with E-state index in [0.717, 1.165) is 5.56 Å². The van der Waals surface area contributed by atoms with E-state index in [-0.39, 0.29) is 6.10 Å². The molecule has 0 unspecified atom stereocenters. The average Bonchev–Trinajstić information content (AvgIpc) is 2.75. The monoisotopic (exact) mass is 308 g/mol. The van der Waals surface area contributed by atoms with Crippen molar-refractivity contribution in [2.45, 2.75) is 77.3 Å². The van der Waals surface area contributed by atoms with Crippen LogP contribution < -0.4 is 0 Å². The molecule has 0 aromatic heterocycles. The Morgan fingerprint density at radius 1 is 1.05 bits per heavy atom. The van der Waals surface area contributed by atoms with E-state index in [4.69, 9.17) is 14.2 Å². The smallest absolute Gasteiger partial charge is 0.164 e. The summed E-state index contributed by atoms with van der Waals surface area (Å²) in [5.41, 5.74) is -0.492. The van der Waals surface area contributed by atoms with Crippen LogP contribution in [0.3, 0.4) is 0 Å². The fourth-order valence-electron chi connectivity index (χ4n) is 2.71. The minimum Gasteiger partial charge on any atom is -0.388 e. The van der Waals surface area contributed by atoms with Crippen molar-refractivity contribution >= 4 is 0 Å². The summed E-state index contributed by atoms with van der Waals surface area (Å²) in [7, 11) is 0. The molecule has 2 atom stereocenters. The normalized spacial score (nSPS) is 25.4. The summed E-state index contributed by atoms with van der Waals surface area (Å²) in [6.07, 6.45) is -0.806. The van der Waals surface area contributed by atoms with E-state index in [2.05, 4.69) is 0 Å². The number of ether oxygens (including phenoxy) is 3. The maximum atomic E-state index is 10.4. The number of rotatable bonds is 5. The van der Waals surface area contributed by atoms with Crippen LogP contribution in [-0.4, -0.2) is 34.3 Å². The summed E-state index contributed by atoms with van der Waals surface area (Å²) >= 11 is 0. The second kappa shape index (κ2) is 5.93. The number of benzene rings is 1. The molecule has 124 valence electrons. The van der Waals surface area contributed by atoms with E-state index in [0.29, 0.717) is 6.61 Å². The molecule has 1 aliphatic heterocycles. The van der Waals surface area contributed by atoms with Gasteiger partial charge in [-0.2, -0.15) is 0 Å². The SMILES string of the molecule is CC1(C)O[C@@H](C(C)(C)O)[C@H](C(C)(C)OCc2ccccc2)O1. The van der Waals surface area contributed by atoms with Crippen LogP contribution in [0.15, 0.2) is 30.3 Å². The fourth-order valence-corrected chi connectivity index (χ4v) is 2.71. The molecule has 22 heavy (non-hydrogen) atoms. The van der Waals surface area contributed by atoms with E-state index in [9.17, 15) is 5.11 Å². The first kappa shape index (κ1) is 17.4. The minimum absolute atomic E-state index is 0.355. The molecule has 4 nitrogen and oxygen atoms in total. The van der Waals surface area contributed by atoms with Gasteiger partial charge >= 0.3 is 0 Å². The molecule has 1 heterocycles. The molecule has 0 spiro atoms. The Morgan fingerprint density at radius 2 is 1.59 bits per heavy atom. The van der Waals surface area contributed by atoms with E-state index in [1.165, 1.54) is 0 Å². The highest BCUT2D eigenvalue weighted by atomic mass is 16.8. The van der Waals surface area contributed by atoms with Gasteiger partial charge in [-0.15, -0.1) is 0 Å². The van der Waals surface area contributed by atoms with Gasteiger partial charge in [-0.05, 0) is 47.1 Å². The molecule has 1 aromatic carbocycles. The summed E-state index contributed by atoms with van der Waals surface area (Å²) in [4.78, 5) is 0. The average molecular weight is 308 g/mol. The third kappa shape index (κ3) is 4.07. The van der Waals surface area contributed by atoms with E-state index in [1.807, 2.05) is 58.0 Å². The number of hydrogen-bond donors (Lipinski definition) is 1. The van der Waals surface area contributed by atoms with Crippen molar-refractivity contribution < 1.29 is 19.3 Å². The molecule has 1 aliphatic rings. The van der Waals surface area contributed by atoms with Gasteiger partial charge in [0.2, 0.25) is 0 Å². The molecule has 1 N–H and O–H groups in total. The summed E-state index contributed by atoms with van der Waals surface area (Å²) < 4.78 is 18.0. The summed E-state index contributed by atoms with van der Waals surface area (Å²) in [6, 6.07) is 10.0. The Bertz CT molecular complexity index is 488. The largest absolute Gasteiger partial charge is 0.388 e. The predicted octanol–water partition coefficient (Wildman–Crippen LogP) is 3.27. The first-order valence-corrected chi connectivity index (χ1v) is 7.77. The third-order valence-corrected chi connectivity index (χ3v) is 3.93. The highest BCUT2D eigenvalue weighted by Gasteiger charge is 2.54. The minimum atomic E-state index is -1.01. The quantitative estimate of drug-likeness (QED) is 0.907. The van der Waals surface area contributed by atoms with Gasteiger partial charge in [0.15, 0.2) is 5.79 Å². The van der Waals surface area contributed by atoms with Crippen molar-refractivity contribution in [2.75, 3.05) is 0 Å². The maximum Gasteiger partial charge on any atom is 0.164 e. The van der Waals surface area contributed by atoms with Crippen LogP contribution in [0.1, 0.15) is 47.1 Å². The zero-order valence-corrected chi connectivity index (χ0v) is 14.4. The van der Waals surface area contributed by atoms with Gasteiger partial charge in [-0.3, -0.25) is 0 Å². The molecule has 0 amide bonds. The Morgan fingerprint density at radius 3 is 2.14 bits per heavy atom. The van der Waals surface area contributed by atoms with Crippen molar-refractivity contribution in [1.29, 1.82) is 0 Å². The second-order valence-electron chi connectivity index (χ2n) is 7.51. The second-order valence-corrected chi connectivity index (χ2v) is 7.51. The lowest BCUT2D eigenvalue weighted by Crippen LogP contribution is -2.53. The van der Waals surface area contributed by atoms with Gasteiger partial charge in [0.05, 0.1) is 17.8 Å². The standard InChI is InChI=1S/C18H28O4/c1-16(2,19)14-15(22-18(5,6)21-14)17(3,4)20-12-13-10-8-7-9-11-13/h7-11,14-15,19H,12H2,1-6H3/t14-,15-/m1/s1. The fraction of sp³-hybridized carbons (Fsp3) is 0.667. The predicted molar refractivity (Wildman–Crippen MR) is 85.4 cm³/mol. The van der Waals surface area contributed by atoms with Crippen molar-refractivity contribution in [3.8, 4) is 0 Å². The molecule has 1 saturated heterocycles.